The van der Waals surface area contributed by atoms with E-state index in [0.29, 0.717) is 30.1 Å². The highest BCUT2D eigenvalue weighted by atomic mass is 16.5. The van der Waals surface area contributed by atoms with Crippen molar-refractivity contribution in [1.29, 1.82) is 5.26 Å². The van der Waals surface area contributed by atoms with Gasteiger partial charge in [0, 0.05) is 23.4 Å². The van der Waals surface area contributed by atoms with Gasteiger partial charge in [0.05, 0.1) is 31.3 Å². The van der Waals surface area contributed by atoms with Gasteiger partial charge in [0.15, 0.2) is 0 Å². The molecular weight excluding hydrogens is 342 g/mol. The van der Waals surface area contributed by atoms with Crippen LogP contribution in [0, 0.1) is 17.2 Å². The number of methoxy groups -OCH3 is 1. The Balaban J connectivity index is 1.84. The first-order chi connectivity index (χ1) is 13.0. The first kappa shape index (κ1) is 18.7. The molecule has 3 aromatic rings. The Bertz CT molecular complexity index is 1000. The maximum absolute atomic E-state index is 12.5. The number of likely N-dealkylation sites (N-methyl/N-ethyl adjacent to an activating group) is 1. The highest BCUT2D eigenvalue weighted by Crippen LogP contribution is 2.36. The smallest absolute Gasteiger partial charge is 0.238 e. The van der Waals surface area contributed by atoms with Gasteiger partial charge in [-0.05, 0) is 25.6 Å². The fourth-order valence-corrected chi connectivity index (χ4v) is 3.14. The molecular formula is C21H23N3O3. The minimum atomic E-state index is -0.157. The van der Waals surface area contributed by atoms with Gasteiger partial charge in [-0.15, -0.1) is 0 Å². The number of anilines is 1. The van der Waals surface area contributed by atoms with E-state index in [9.17, 15) is 4.79 Å². The van der Waals surface area contributed by atoms with Crippen molar-refractivity contribution in [2.45, 2.75) is 13.8 Å². The topological polar surface area (TPSA) is 78.5 Å². The molecule has 0 aliphatic rings. The molecule has 3 rings (SSSR count). The number of nitrogens with one attached hydrogen (secondary N) is 1. The first-order valence-electron chi connectivity index (χ1n) is 8.96. The maximum atomic E-state index is 12.5. The predicted molar refractivity (Wildman–Crippen MR) is 106 cm³/mol. The van der Waals surface area contributed by atoms with Crippen molar-refractivity contribution in [2.24, 2.45) is 5.92 Å². The highest BCUT2D eigenvalue weighted by molar-refractivity contribution is 6.07. The average Bonchev–Trinajstić information content (AvgIpc) is 3.03. The van der Waals surface area contributed by atoms with E-state index >= 15 is 0 Å². The molecule has 27 heavy (non-hydrogen) atoms. The maximum Gasteiger partial charge on any atom is 0.238 e. The fourth-order valence-electron chi connectivity index (χ4n) is 3.14. The van der Waals surface area contributed by atoms with Crippen LogP contribution in [0.1, 0.15) is 13.8 Å². The highest BCUT2D eigenvalue weighted by Gasteiger charge is 2.16. The zero-order valence-electron chi connectivity index (χ0n) is 15.8. The molecule has 1 heterocycles. The van der Waals surface area contributed by atoms with Gasteiger partial charge in [-0.3, -0.25) is 9.69 Å². The summed E-state index contributed by atoms with van der Waals surface area (Å²) in [6.45, 7) is 5.28. The van der Waals surface area contributed by atoms with Crippen molar-refractivity contribution in [3.05, 3.63) is 36.4 Å². The van der Waals surface area contributed by atoms with E-state index in [1.54, 1.807) is 13.2 Å². The molecule has 1 unspecified atom stereocenters. The summed E-state index contributed by atoms with van der Waals surface area (Å²) in [7, 11) is 1.58. The number of hydrogen-bond acceptors (Lipinski definition) is 5. The number of ether oxygens (including phenoxy) is 1. The van der Waals surface area contributed by atoms with Gasteiger partial charge in [-0.1, -0.05) is 25.1 Å². The van der Waals surface area contributed by atoms with E-state index in [1.165, 1.54) is 0 Å². The number of nitrogens with zero attached hydrogens (tertiary/aromatic N) is 2. The van der Waals surface area contributed by atoms with Crippen molar-refractivity contribution in [1.82, 2.24) is 4.90 Å². The molecule has 0 aliphatic carbocycles. The van der Waals surface area contributed by atoms with Crippen molar-refractivity contribution in [3.8, 4) is 11.8 Å². The van der Waals surface area contributed by atoms with E-state index in [0.717, 1.165) is 16.4 Å². The van der Waals surface area contributed by atoms with E-state index in [1.807, 2.05) is 49.1 Å². The summed E-state index contributed by atoms with van der Waals surface area (Å²) in [5.41, 5.74) is 2.05. The SMILES string of the molecule is CCN(CC(=O)Nc1cc2oc3ccccc3c2cc1OC)CC(C)C#N. The van der Waals surface area contributed by atoms with Crippen molar-refractivity contribution >= 4 is 33.5 Å². The Morgan fingerprint density at radius 1 is 1.30 bits per heavy atom. The Hall–Kier alpha value is -3.04. The van der Waals surface area contributed by atoms with Gasteiger partial charge in [0.1, 0.15) is 16.9 Å². The number of nitriles is 1. The second kappa shape index (κ2) is 8.11. The monoisotopic (exact) mass is 365 g/mol. The number of rotatable bonds is 7. The molecule has 1 amide bonds. The Labute approximate surface area is 158 Å². The van der Waals surface area contributed by atoms with Crippen LogP contribution in [-0.2, 0) is 4.79 Å². The van der Waals surface area contributed by atoms with Gasteiger partial charge in [-0.25, -0.2) is 0 Å². The summed E-state index contributed by atoms with van der Waals surface area (Å²) in [4.78, 5) is 14.4. The van der Waals surface area contributed by atoms with E-state index in [2.05, 4.69) is 11.4 Å². The third-order valence-electron chi connectivity index (χ3n) is 4.54. The van der Waals surface area contributed by atoms with Gasteiger partial charge in [-0.2, -0.15) is 5.26 Å². The molecule has 140 valence electrons. The second-order valence-corrected chi connectivity index (χ2v) is 6.55. The first-order valence-corrected chi connectivity index (χ1v) is 8.96. The minimum Gasteiger partial charge on any atom is -0.495 e. The van der Waals surface area contributed by atoms with Crippen molar-refractivity contribution < 1.29 is 13.9 Å². The van der Waals surface area contributed by atoms with Crippen LogP contribution < -0.4 is 10.1 Å². The summed E-state index contributed by atoms with van der Waals surface area (Å²) in [6, 6.07) is 13.7. The summed E-state index contributed by atoms with van der Waals surface area (Å²) in [5, 5.41) is 13.8. The molecule has 0 radical (unpaired) electrons. The average molecular weight is 365 g/mol. The molecule has 6 nitrogen and oxygen atoms in total. The molecule has 0 saturated carbocycles. The van der Waals surface area contributed by atoms with Crippen LogP contribution in [0.25, 0.3) is 21.9 Å². The molecule has 0 saturated heterocycles. The van der Waals surface area contributed by atoms with Crippen molar-refractivity contribution in [2.75, 3.05) is 32.1 Å². The van der Waals surface area contributed by atoms with E-state index in [4.69, 9.17) is 14.4 Å². The zero-order chi connectivity index (χ0) is 19.4. The minimum absolute atomic E-state index is 0.126. The lowest BCUT2D eigenvalue weighted by Crippen LogP contribution is -2.35. The molecule has 1 aromatic heterocycles. The van der Waals surface area contributed by atoms with Gasteiger partial charge in [0.25, 0.3) is 0 Å². The summed E-state index contributed by atoms with van der Waals surface area (Å²) in [5.74, 6) is 0.297. The van der Waals surface area contributed by atoms with Gasteiger partial charge >= 0.3 is 0 Å². The van der Waals surface area contributed by atoms with Crippen LogP contribution >= 0.6 is 0 Å². The third kappa shape index (κ3) is 4.04. The van der Waals surface area contributed by atoms with E-state index < -0.39 is 0 Å². The molecule has 1 atom stereocenters. The fraction of sp³-hybridized carbons (Fsp3) is 0.333. The van der Waals surface area contributed by atoms with Crippen molar-refractivity contribution in [3.63, 3.8) is 0 Å². The lowest BCUT2D eigenvalue weighted by molar-refractivity contribution is -0.117. The third-order valence-corrected chi connectivity index (χ3v) is 4.54. The van der Waals surface area contributed by atoms with Crippen LogP contribution in [-0.4, -0.2) is 37.6 Å². The van der Waals surface area contributed by atoms with Crippen LogP contribution in [0.15, 0.2) is 40.8 Å². The van der Waals surface area contributed by atoms with Crippen LogP contribution in [0.2, 0.25) is 0 Å². The number of carbonyl (C=O) groups excluding carboxylic acids is 1. The largest absolute Gasteiger partial charge is 0.495 e. The zero-order valence-corrected chi connectivity index (χ0v) is 15.8. The molecule has 0 bridgehead atoms. The van der Waals surface area contributed by atoms with Gasteiger partial charge < -0.3 is 14.5 Å². The quantitative estimate of drug-likeness (QED) is 0.684. The number of benzene rings is 2. The molecule has 1 N–H and O–H groups in total. The molecule has 6 heteroatoms. The summed E-state index contributed by atoms with van der Waals surface area (Å²) in [6.07, 6.45) is 0. The van der Waals surface area contributed by atoms with Crippen LogP contribution in [0.5, 0.6) is 5.75 Å². The summed E-state index contributed by atoms with van der Waals surface area (Å²) < 4.78 is 11.4. The molecule has 2 aromatic carbocycles. The lowest BCUT2D eigenvalue weighted by atomic mass is 10.1. The normalized spacial score (nSPS) is 12.3. The Morgan fingerprint density at radius 3 is 2.78 bits per heavy atom. The molecule has 0 fully saturated rings. The molecule has 0 aliphatic heterocycles. The Kier molecular flexibility index (Phi) is 5.63. The predicted octanol–water partition coefficient (Wildman–Crippen LogP) is 4.01. The number of carbonyl (C=O) groups is 1. The van der Waals surface area contributed by atoms with E-state index in [-0.39, 0.29) is 18.4 Å². The number of hydrogen-bond donors (Lipinski definition) is 1. The van der Waals surface area contributed by atoms with Crippen LogP contribution in [0.4, 0.5) is 5.69 Å². The summed E-state index contributed by atoms with van der Waals surface area (Å²) >= 11 is 0. The lowest BCUT2D eigenvalue weighted by Gasteiger charge is -2.21. The number of para-hydroxylation sites is 1. The Morgan fingerprint density at radius 2 is 2.07 bits per heavy atom. The van der Waals surface area contributed by atoms with Crippen LogP contribution in [0.3, 0.4) is 0 Å². The second-order valence-electron chi connectivity index (χ2n) is 6.55. The number of amides is 1. The number of furan rings is 1. The standard InChI is InChI=1S/C21H23N3O3/c1-4-24(12-14(2)11-22)13-21(25)23-17-10-19-16(9-20(17)26-3)15-7-5-6-8-18(15)27-19/h5-10,14H,4,12-13H2,1-3H3,(H,23,25). The molecule has 0 spiro atoms. The van der Waals surface area contributed by atoms with Gasteiger partial charge in [0.2, 0.25) is 5.91 Å². The number of fused-ring (bicyclic) bond motifs is 3.